The Morgan fingerprint density at radius 3 is 2.06 bits per heavy atom. The van der Waals surface area contributed by atoms with E-state index in [4.69, 9.17) is 0 Å². The van der Waals surface area contributed by atoms with Crippen molar-refractivity contribution in [2.75, 3.05) is 0 Å². The lowest BCUT2D eigenvalue weighted by molar-refractivity contribution is 0.0566. The first-order valence-corrected chi connectivity index (χ1v) is 6.59. The summed E-state index contributed by atoms with van der Waals surface area (Å²) in [6.45, 7) is 0. The van der Waals surface area contributed by atoms with Crippen molar-refractivity contribution in [1.29, 1.82) is 0 Å². The minimum atomic E-state index is -0.0603. The average molecular weight is 216 g/mol. The zero-order valence-electron chi connectivity index (χ0n) is 9.73. The van der Waals surface area contributed by atoms with Gasteiger partial charge in [0.2, 0.25) is 0 Å². The zero-order chi connectivity index (χ0) is 11.0. The van der Waals surface area contributed by atoms with Crippen LogP contribution in [0.4, 0.5) is 0 Å². The van der Waals surface area contributed by atoms with Gasteiger partial charge in [0.15, 0.2) is 0 Å². The largest absolute Gasteiger partial charge is 0.393 e. The van der Waals surface area contributed by atoms with Gasteiger partial charge in [0.05, 0.1) is 6.10 Å². The van der Waals surface area contributed by atoms with Gasteiger partial charge < -0.3 is 5.11 Å². The molecule has 1 unspecified atom stereocenters. The summed E-state index contributed by atoms with van der Waals surface area (Å²) in [4.78, 5) is 0. The topological polar surface area (TPSA) is 20.2 Å². The van der Waals surface area contributed by atoms with Gasteiger partial charge in [-0.05, 0) is 48.6 Å². The van der Waals surface area contributed by atoms with Crippen LogP contribution < -0.4 is 0 Å². The number of benzene rings is 1. The van der Waals surface area contributed by atoms with Gasteiger partial charge in [0, 0.05) is 0 Å². The van der Waals surface area contributed by atoms with Crippen LogP contribution in [0.5, 0.6) is 0 Å². The van der Waals surface area contributed by atoms with Crippen LogP contribution in [0.25, 0.3) is 0 Å². The molecule has 1 fully saturated rings. The van der Waals surface area contributed by atoms with Crippen molar-refractivity contribution in [1.82, 2.24) is 0 Å². The summed E-state index contributed by atoms with van der Waals surface area (Å²) in [6, 6.07) is 8.67. The van der Waals surface area contributed by atoms with Crippen LogP contribution in [0.1, 0.15) is 36.8 Å². The summed E-state index contributed by atoms with van der Waals surface area (Å²) in [5, 5.41) is 10.4. The molecular weight excluding hydrogens is 196 g/mol. The molecule has 86 valence electrons. The van der Waals surface area contributed by atoms with Crippen LogP contribution in [0.3, 0.4) is 0 Å². The molecule has 1 heteroatoms. The summed E-state index contributed by atoms with van der Waals surface area (Å²) in [6.07, 6.45) is 7.25. The number of rotatable bonds is 2. The van der Waals surface area contributed by atoms with E-state index in [-0.39, 0.29) is 6.10 Å². The van der Waals surface area contributed by atoms with Crippen molar-refractivity contribution < 1.29 is 5.11 Å². The fraction of sp³-hybridized carbons (Fsp3) is 0.600. The Labute approximate surface area is 97.5 Å². The van der Waals surface area contributed by atoms with Gasteiger partial charge in [-0.2, -0.15) is 0 Å². The fourth-order valence-electron chi connectivity index (χ4n) is 3.52. The first-order valence-electron chi connectivity index (χ1n) is 6.59. The van der Waals surface area contributed by atoms with Crippen molar-refractivity contribution in [2.45, 2.75) is 44.6 Å². The summed E-state index contributed by atoms with van der Waals surface area (Å²) in [7, 11) is 0. The molecule has 1 aromatic rings. The highest BCUT2D eigenvalue weighted by Gasteiger charge is 2.33. The standard InChI is InChI=1S/C15H20O/c16-15(11-5-1-2-6-11)14-9-12-7-3-4-8-13(12)10-14/h3-4,7-8,11,14-16H,1-2,5-6,9-10H2. The van der Waals surface area contributed by atoms with Crippen molar-refractivity contribution in [3.63, 3.8) is 0 Å². The minimum Gasteiger partial charge on any atom is -0.393 e. The molecule has 0 radical (unpaired) electrons. The smallest absolute Gasteiger partial charge is 0.0602 e. The molecule has 16 heavy (non-hydrogen) atoms. The SMILES string of the molecule is OC(C1CCCC1)C1Cc2ccccc2C1. The molecule has 0 bridgehead atoms. The maximum absolute atomic E-state index is 10.4. The fourth-order valence-corrected chi connectivity index (χ4v) is 3.52. The van der Waals surface area contributed by atoms with Crippen molar-refractivity contribution in [2.24, 2.45) is 11.8 Å². The molecule has 1 atom stereocenters. The molecule has 1 nitrogen and oxygen atoms in total. The number of fused-ring (bicyclic) bond motifs is 1. The predicted molar refractivity (Wildman–Crippen MR) is 65.3 cm³/mol. The molecule has 0 aliphatic heterocycles. The zero-order valence-corrected chi connectivity index (χ0v) is 9.73. The average Bonchev–Trinajstić information content (AvgIpc) is 2.97. The van der Waals surface area contributed by atoms with Gasteiger partial charge in [0.1, 0.15) is 0 Å². The monoisotopic (exact) mass is 216 g/mol. The Morgan fingerprint density at radius 2 is 1.50 bits per heavy atom. The molecular formula is C15H20O. The van der Waals surface area contributed by atoms with E-state index in [1.165, 1.54) is 36.8 Å². The van der Waals surface area contributed by atoms with E-state index in [1.54, 1.807) is 0 Å². The van der Waals surface area contributed by atoms with Gasteiger partial charge in [-0.1, -0.05) is 37.1 Å². The van der Waals surface area contributed by atoms with Crippen LogP contribution in [0, 0.1) is 11.8 Å². The quantitative estimate of drug-likeness (QED) is 0.806. The molecule has 2 aliphatic carbocycles. The minimum absolute atomic E-state index is 0.0603. The van der Waals surface area contributed by atoms with E-state index in [0.29, 0.717) is 11.8 Å². The highest BCUT2D eigenvalue weighted by atomic mass is 16.3. The first-order chi connectivity index (χ1) is 7.84. The second-order valence-electron chi connectivity index (χ2n) is 5.47. The third-order valence-corrected chi connectivity index (χ3v) is 4.45. The molecule has 1 N–H and O–H groups in total. The van der Waals surface area contributed by atoms with E-state index in [0.717, 1.165) is 12.8 Å². The lowest BCUT2D eigenvalue weighted by atomic mass is 9.88. The molecule has 0 heterocycles. The highest BCUT2D eigenvalue weighted by Crippen LogP contribution is 2.36. The third kappa shape index (κ3) is 1.78. The first kappa shape index (κ1) is 10.3. The van der Waals surface area contributed by atoms with E-state index >= 15 is 0 Å². The van der Waals surface area contributed by atoms with Crippen LogP contribution >= 0.6 is 0 Å². The number of aliphatic hydroxyl groups excluding tert-OH is 1. The van der Waals surface area contributed by atoms with E-state index in [9.17, 15) is 5.11 Å². The van der Waals surface area contributed by atoms with Gasteiger partial charge in [-0.15, -0.1) is 0 Å². The summed E-state index contributed by atoms with van der Waals surface area (Å²) in [5.74, 6) is 1.07. The van der Waals surface area contributed by atoms with Gasteiger partial charge in [-0.3, -0.25) is 0 Å². The normalized spacial score (nSPS) is 23.6. The highest BCUT2D eigenvalue weighted by molar-refractivity contribution is 5.32. The molecule has 1 saturated carbocycles. The predicted octanol–water partition coefficient (Wildman–Crippen LogP) is 2.95. The third-order valence-electron chi connectivity index (χ3n) is 4.45. The van der Waals surface area contributed by atoms with Gasteiger partial charge in [-0.25, -0.2) is 0 Å². The molecule has 0 saturated heterocycles. The summed E-state index contributed by atoms with van der Waals surface area (Å²) in [5.41, 5.74) is 2.93. The number of aliphatic hydroxyl groups is 1. The summed E-state index contributed by atoms with van der Waals surface area (Å²) < 4.78 is 0. The Balaban J connectivity index is 1.70. The lowest BCUT2D eigenvalue weighted by Gasteiger charge is -2.23. The maximum atomic E-state index is 10.4. The molecule has 0 spiro atoms. The van der Waals surface area contributed by atoms with Crippen molar-refractivity contribution >= 4 is 0 Å². The van der Waals surface area contributed by atoms with E-state index in [1.807, 2.05) is 0 Å². The van der Waals surface area contributed by atoms with E-state index in [2.05, 4.69) is 24.3 Å². The van der Waals surface area contributed by atoms with Crippen molar-refractivity contribution in [3.05, 3.63) is 35.4 Å². The lowest BCUT2D eigenvalue weighted by Crippen LogP contribution is -2.28. The molecule has 0 amide bonds. The molecule has 1 aromatic carbocycles. The van der Waals surface area contributed by atoms with Gasteiger partial charge in [0.25, 0.3) is 0 Å². The Bertz CT molecular complexity index is 340. The number of hydrogen-bond donors (Lipinski definition) is 1. The van der Waals surface area contributed by atoms with Crippen molar-refractivity contribution in [3.8, 4) is 0 Å². The second-order valence-corrected chi connectivity index (χ2v) is 5.47. The number of hydrogen-bond acceptors (Lipinski definition) is 1. The van der Waals surface area contributed by atoms with Crippen LogP contribution in [0.15, 0.2) is 24.3 Å². The van der Waals surface area contributed by atoms with Crippen LogP contribution in [-0.2, 0) is 12.8 Å². The van der Waals surface area contributed by atoms with E-state index < -0.39 is 0 Å². The molecule has 2 aliphatic rings. The van der Waals surface area contributed by atoms with Crippen LogP contribution in [-0.4, -0.2) is 11.2 Å². The van der Waals surface area contributed by atoms with Crippen LogP contribution in [0.2, 0.25) is 0 Å². The Morgan fingerprint density at radius 1 is 0.938 bits per heavy atom. The molecule has 3 rings (SSSR count). The van der Waals surface area contributed by atoms with Gasteiger partial charge >= 0.3 is 0 Å². The molecule has 0 aromatic heterocycles. The summed E-state index contributed by atoms with van der Waals surface area (Å²) >= 11 is 0. The maximum Gasteiger partial charge on any atom is 0.0602 e. The Hall–Kier alpha value is -0.820. The second kappa shape index (κ2) is 4.21. The Kier molecular flexibility index (Phi) is 2.72.